The standard InChI is InChI=1S/C17H23N3OS/c1-14-13-22-17(19-14)12-18-15-5-4-6-16(11-15)21-10-9-20-7-2-3-8-20/h4-6,11,13,18H,2-3,7-10,12H2,1H3. The van der Waals surface area contributed by atoms with E-state index in [0.717, 1.165) is 41.8 Å². The van der Waals surface area contributed by atoms with Gasteiger partial charge in [0.1, 0.15) is 17.4 Å². The zero-order valence-corrected chi connectivity index (χ0v) is 13.9. The average molecular weight is 317 g/mol. The average Bonchev–Trinajstić information content (AvgIpc) is 3.17. The Hall–Kier alpha value is -1.59. The molecule has 4 nitrogen and oxygen atoms in total. The van der Waals surface area contributed by atoms with E-state index in [9.17, 15) is 0 Å². The second-order valence-electron chi connectivity index (χ2n) is 5.66. The number of thiazole rings is 1. The van der Waals surface area contributed by atoms with Crippen molar-refractivity contribution in [1.82, 2.24) is 9.88 Å². The molecular formula is C17H23N3OS. The Kier molecular flexibility index (Phi) is 5.29. The lowest BCUT2D eigenvalue weighted by Crippen LogP contribution is -2.25. The molecular weight excluding hydrogens is 294 g/mol. The van der Waals surface area contributed by atoms with Crippen LogP contribution in [-0.2, 0) is 6.54 Å². The molecule has 5 heteroatoms. The highest BCUT2D eigenvalue weighted by Gasteiger charge is 2.10. The summed E-state index contributed by atoms with van der Waals surface area (Å²) in [4.78, 5) is 6.93. The zero-order valence-electron chi connectivity index (χ0n) is 13.0. The van der Waals surface area contributed by atoms with Crippen molar-refractivity contribution in [3.8, 4) is 5.75 Å². The predicted octanol–water partition coefficient (Wildman–Crippen LogP) is 3.54. The van der Waals surface area contributed by atoms with E-state index >= 15 is 0 Å². The summed E-state index contributed by atoms with van der Waals surface area (Å²) in [6.45, 7) is 7.01. The number of aromatic nitrogens is 1. The van der Waals surface area contributed by atoms with Gasteiger partial charge in [-0.15, -0.1) is 11.3 Å². The van der Waals surface area contributed by atoms with Crippen molar-refractivity contribution in [2.75, 3.05) is 31.6 Å². The topological polar surface area (TPSA) is 37.4 Å². The highest BCUT2D eigenvalue weighted by atomic mass is 32.1. The molecule has 0 spiro atoms. The van der Waals surface area contributed by atoms with Crippen LogP contribution in [0.5, 0.6) is 5.75 Å². The summed E-state index contributed by atoms with van der Waals surface area (Å²) >= 11 is 1.69. The van der Waals surface area contributed by atoms with Crippen molar-refractivity contribution in [2.24, 2.45) is 0 Å². The van der Waals surface area contributed by atoms with Crippen LogP contribution in [0.4, 0.5) is 5.69 Å². The number of nitrogens with one attached hydrogen (secondary N) is 1. The summed E-state index contributed by atoms with van der Waals surface area (Å²) in [7, 11) is 0. The van der Waals surface area contributed by atoms with Gasteiger partial charge in [-0.05, 0) is 45.0 Å². The Morgan fingerprint density at radius 2 is 2.18 bits per heavy atom. The van der Waals surface area contributed by atoms with Crippen LogP contribution >= 0.6 is 11.3 Å². The Labute approximate surface area is 136 Å². The Morgan fingerprint density at radius 1 is 1.32 bits per heavy atom. The van der Waals surface area contributed by atoms with E-state index in [4.69, 9.17) is 4.74 Å². The molecule has 2 heterocycles. The molecule has 3 rings (SSSR count). The van der Waals surface area contributed by atoms with E-state index in [2.05, 4.69) is 32.7 Å². The third kappa shape index (κ3) is 4.45. The van der Waals surface area contributed by atoms with Gasteiger partial charge in [0.15, 0.2) is 0 Å². The zero-order chi connectivity index (χ0) is 15.2. The summed E-state index contributed by atoms with van der Waals surface area (Å²) in [6.07, 6.45) is 2.66. The number of ether oxygens (including phenoxy) is 1. The Balaban J connectivity index is 1.46. The molecule has 118 valence electrons. The first-order valence-corrected chi connectivity index (χ1v) is 8.78. The Morgan fingerprint density at radius 3 is 2.95 bits per heavy atom. The molecule has 0 radical (unpaired) electrons. The number of benzene rings is 1. The van der Waals surface area contributed by atoms with E-state index in [-0.39, 0.29) is 0 Å². The number of aryl methyl sites for hydroxylation is 1. The number of rotatable bonds is 7. The van der Waals surface area contributed by atoms with Crippen LogP contribution in [0.3, 0.4) is 0 Å². The third-order valence-electron chi connectivity index (χ3n) is 3.82. The fourth-order valence-corrected chi connectivity index (χ4v) is 3.37. The van der Waals surface area contributed by atoms with Gasteiger partial charge in [-0.2, -0.15) is 0 Å². The summed E-state index contributed by atoms with van der Waals surface area (Å²) in [6, 6.07) is 8.17. The Bertz CT molecular complexity index is 593. The van der Waals surface area contributed by atoms with Gasteiger partial charge in [-0.3, -0.25) is 4.90 Å². The predicted molar refractivity (Wildman–Crippen MR) is 91.8 cm³/mol. The van der Waals surface area contributed by atoms with Crippen LogP contribution in [0, 0.1) is 6.92 Å². The van der Waals surface area contributed by atoms with E-state index in [1.54, 1.807) is 11.3 Å². The smallest absolute Gasteiger partial charge is 0.121 e. The minimum atomic E-state index is 0.759. The number of nitrogens with zero attached hydrogens (tertiary/aromatic N) is 2. The summed E-state index contributed by atoms with van der Waals surface area (Å²) in [5.74, 6) is 0.930. The molecule has 0 atom stereocenters. The highest BCUT2D eigenvalue weighted by molar-refractivity contribution is 7.09. The molecule has 1 saturated heterocycles. The van der Waals surface area contributed by atoms with Crippen molar-refractivity contribution < 1.29 is 4.74 Å². The van der Waals surface area contributed by atoms with Crippen molar-refractivity contribution in [1.29, 1.82) is 0 Å². The lowest BCUT2D eigenvalue weighted by atomic mass is 10.3. The molecule has 0 saturated carbocycles. The summed E-state index contributed by atoms with van der Waals surface area (Å²) < 4.78 is 5.87. The SMILES string of the molecule is Cc1csc(CNc2cccc(OCCN3CCCC3)c2)n1. The number of hydrogen-bond donors (Lipinski definition) is 1. The first kappa shape index (κ1) is 15.3. The van der Waals surface area contributed by atoms with Gasteiger partial charge >= 0.3 is 0 Å². The van der Waals surface area contributed by atoms with Crippen LogP contribution in [0.25, 0.3) is 0 Å². The van der Waals surface area contributed by atoms with Gasteiger partial charge in [0, 0.05) is 29.4 Å². The number of likely N-dealkylation sites (tertiary alicyclic amines) is 1. The maximum atomic E-state index is 5.87. The lowest BCUT2D eigenvalue weighted by Gasteiger charge is -2.15. The van der Waals surface area contributed by atoms with Crippen LogP contribution in [0.2, 0.25) is 0 Å². The van der Waals surface area contributed by atoms with Gasteiger partial charge in [-0.25, -0.2) is 4.98 Å². The summed E-state index contributed by atoms with van der Waals surface area (Å²) in [5, 5.41) is 6.59. The highest BCUT2D eigenvalue weighted by Crippen LogP contribution is 2.19. The van der Waals surface area contributed by atoms with Gasteiger partial charge in [0.05, 0.1) is 6.54 Å². The lowest BCUT2D eigenvalue weighted by molar-refractivity contribution is 0.238. The van der Waals surface area contributed by atoms with Crippen molar-refractivity contribution in [3.63, 3.8) is 0 Å². The fraction of sp³-hybridized carbons (Fsp3) is 0.471. The van der Waals surface area contributed by atoms with Gasteiger partial charge in [0.2, 0.25) is 0 Å². The maximum absolute atomic E-state index is 5.87. The van der Waals surface area contributed by atoms with E-state index in [0.29, 0.717) is 0 Å². The van der Waals surface area contributed by atoms with E-state index < -0.39 is 0 Å². The molecule has 0 unspecified atom stereocenters. The minimum absolute atomic E-state index is 0.759. The molecule has 1 aromatic heterocycles. The van der Waals surface area contributed by atoms with E-state index in [1.165, 1.54) is 25.9 Å². The molecule has 0 aliphatic carbocycles. The molecule has 1 aliphatic heterocycles. The molecule has 1 N–H and O–H groups in total. The van der Waals surface area contributed by atoms with Gasteiger partial charge in [0.25, 0.3) is 0 Å². The van der Waals surface area contributed by atoms with Crippen molar-refractivity contribution in [2.45, 2.75) is 26.3 Å². The van der Waals surface area contributed by atoms with Gasteiger partial charge in [-0.1, -0.05) is 6.07 Å². The van der Waals surface area contributed by atoms with Crippen LogP contribution in [0.1, 0.15) is 23.5 Å². The molecule has 0 amide bonds. The fourth-order valence-electron chi connectivity index (χ4n) is 2.66. The second kappa shape index (κ2) is 7.61. The quantitative estimate of drug-likeness (QED) is 0.847. The normalized spacial score (nSPS) is 15.1. The monoisotopic (exact) mass is 317 g/mol. The van der Waals surface area contributed by atoms with Crippen LogP contribution in [-0.4, -0.2) is 36.1 Å². The van der Waals surface area contributed by atoms with Crippen molar-refractivity contribution in [3.05, 3.63) is 40.3 Å². The molecule has 2 aromatic rings. The molecule has 1 aromatic carbocycles. The summed E-state index contributed by atoms with van der Waals surface area (Å²) in [5.41, 5.74) is 2.16. The van der Waals surface area contributed by atoms with Crippen molar-refractivity contribution >= 4 is 17.0 Å². The molecule has 1 aliphatic rings. The maximum Gasteiger partial charge on any atom is 0.121 e. The first-order chi connectivity index (χ1) is 10.8. The molecule has 22 heavy (non-hydrogen) atoms. The minimum Gasteiger partial charge on any atom is -0.492 e. The largest absolute Gasteiger partial charge is 0.492 e. The second-order valence-corrected chi connectivity index (χ2v) is 6.60. The third-order valence-corrected chi connectivity index (χ3v) is 4.79. The van der Waals surface area contributed by atoms with Crippen LogP contribution < -0.4 is 10.1 Å². The molecule has 1 fully saturated rings. The van der Waals surface area contributed by atoms with E-state index in [1.807, 2.05) is 19.1 Å². The number of anilines is 1. The number of hydrogen-bond acceptors (Lipinski definition) is 5. The van der Waals surface area contributed by atoms with Gasteiger partial charge < -0.3 is 10.1 Å². The van der Waals surface area contributed by atoms with Crippen LogP contribution in [0.15, 0.2) is 29.6 Å². The molecule has 0 bridgehead atoms. The first-order valence-electron chi connectivity index (χ1n) is 7.90.